The maximum Gasteiger partial charge on any atom is 0.236 e. The molecule has 0 bridgehead atoms. The standard InChI is InChI=1S/C7H9ClN2O2S/c8-13(11,12)5-6-3-9-10(4-6)7-1-2-7/h3-4,7H,1-2,5H2. The van der Waals surface area contributed by atoms with E-state index in [1.54, 1.807) is 17.1 Å². The van der Waals surface area contributed by atoms with Crippen molar-refractivity contribution in [2.75, 3.05) is 0 Å². The van der Waals surface area contributed by atoms with E-state index in [1.165, 1.54) is 0 Å². The first-order valence-electron chi connectivity index (χ1n) is 4.00. The molecule has 1 aromatic rings. The molecular weight excluding hydrogens is 212 g/mol. The van der Waals surface area contributed by atoms with Gasteiger partial charge >= 0.3 is 0 Å². The molecule has 4 nitrogen and oxygen atoms in total. The van der Waals surface area contributed by atoms with Crippen LogP contribution in [-0.4, -0.2) is 18.2 Å². The van der Waals surface area contributed by atoms with Crippen molar-refractivity contribution in [3.05, 3.63) is 18.0 Å². The highest BCUT2D eigenvalue weighted by Crippen LogP contribution is 2.34. The van der Waals surface area contributed by atoms with Crippen LogP contribution in [0.1, 0.15) is 24.4 Å². The summed E-state index contributed by atoms with van der Waals surface area (Å²) in [4.78, 5) is 0. The summed E-state index contributed by atoms with van der Waals surface area (Å²) < 4.78 is 23.3. The van der Waals surface area contributed by atoms with Gasteiger partial charge in [-0.2, -0.15) is 5.10 Å². The highest BCUT2D eigenvalue weighted by Gasteiger charge is 2.24. The first-order valence-corrected chi connectivity index (χ1v) is 6.48. The molecule has 1 aromatic heterocycles. The van der Waals surface area contributed by atoms with Crippen molar-refractivity contribution in [1.82, 2.24) is 9.78 Å². The van der Waals surface area contributed by atoms with Gasteiger partial charge < -0.3 is 0 Å². The summed E-state index contributed by atoms with van der Waals surface area (Å²) in [5, 5.41) is 4.06. The summed E-state index contributed by atoms with van der Waals surface area (Å²) in [6.45, 7) is 0. The Hall–Kier alpha value is -0.550. The summed E-state index contributed by atoms with van der Waals surface area (Å²) in [5.74, 6) is -0.138. The van der Waals surface area contributed by atoms with E-state index >= 15 is 0 Å². The molecule has 1 saturated carbocycles. The van der Waals surface area contributed by atoms with Gasteiger partial charge in [-0.1, -0.05) is 0 Å². The van der Waals surface area contributed by atoms with E-state index < -0.39 is 9.05 Å². The van der Waals surface area contributed by atoms with Gasteiger partial charge in [-0.25, -0.2) is 8.42 Å². The predicted octanol–water partition coefficient (Wildman–Crippen LogP) is 1.29. The minimum atomic E-state index is -3.45. The van der Waals surface area contributed by atoms with Gasteiger partial charge in [-0.05, 0) is 12.8 Å². The summed E-state index contributed by atoms with van der Waals surface area (Å²) in [6, 6.07) is 0.478. The first-order chi connectivity index (χ1) is 6.04. The smallest absolute Gasteiger partial charge is 0.236 e. The Morgan fingerprint density at radius 3 is 2.85 bits per heavy atom. The van der Waals surface area contributed by atoms with E-state index in [1.807, 2.05) is 0 Å². The second-order valence-electron chi connectivity index (χ2n) is 3.24. The van der Waals surface area contributed by atoms with Crippen LogP contribution in [0.5, 0.6) is 0 Å². The number of halogens is 1. The van der Waals surface area contributed by atoms with Crippen molar-refractivity contribution in [1.29, 1.82) is 0 Å². The number of aromatic nitrogens is 2. The zero-order valence-corrected chi connectivity index (χ0v) is 8.42. The van der Waals surface area contributed by atoms with Gasteiger partial charge in [0.2, 0.25) is 9.05 Å². The lowest BCUT2D eigenvalue weighted by Crippen LogP contribution is -1.94. The molecule has 1 heterocycles. The fourth-order valence-electron chi connectivity index (χ4n) is 1.19. The molecule has 0 radical (unpaired) electrons. The van der Waals surface area contributed by atoms with Crippen molar-refractivity contribution >= 4 is 19.7 Å². The molecule has 0 atom stereocenters. The molecule has 1 aliphatic carbocycles. The van der Waals surface area contributed by atoms with Crippen LogP contribution >= 0.6 is 10.7 Å². The van der Waals surface area contributed by atoms with E-state index in [0.29, 0.717) is 11.6 Å². The topological polar surface area (TPSA) is 52.0 Å². The molecule has 1 fully saturated rings. The van der Waals surface area contributed by atoms with Crippen molar-refractivity contribution in [2.24, 2.45) is 0 Å². The highest BCUT2D eigenvalue weighted by atomic mass is 35.7. The molecule has 6 heteroatoms. The van der Waals surface area contributed by atoms with Crippen LogP contribution in [0.3, 0.4) is 0 Å². The van der Waals surface area contributed by atoms with Crippen LogP contribution in [-0.2, 0) is 14.8 Å². The molecule has 0 unspecified atom stereocenters. The van der Waals surface area contributed by atoms with Crippen molar-refractivity contribution < 1.29 is 8.42 Å². The van der Waals surface area contributed by atoms with Crippen molar-refractivity contribution in [3.63, 3.8) is 0 Å². The van der Waals surface area contributed by atoms with Gasteiger partial charge in [0.25, 0.3) is 0 Å². The summed E-state index contributed by atoms with van der Waals surface area (Å²) in [7, 11) is 1.66. The second-order valence-corrected chi connectivity index (χ2v) is 6.02. The maximum absolute atomic E-state index is 10.7. The molecule has 0 amide bonds. The monoisotopic (exact) mass is 220 g/mol. The lowest BCUT2D eigenvalue weighted by Gasteiger charge is -1.93. The third kappa shape index (κ3) is 2.45. The Balaban J connectivity index is 2.13. The van der Waals surface area contributed by atoms with Crippen molar-refractivity contribution in [3.8, 4) is 0 Å². The molecule has 0 spiro atoms. The molecular formula is C7H9ClN2O2S. The molecule has 13 heavy (non-hydrogen) atoms. The Kier molecular flexibility index (Phi) is 2.08. The normalized spacial score (nSPS) is 17.6. The third-order valence-electron chi connectivity index (χ3n) is 1.92. The Morgan fingerprint density at radius 1 is 1.62 bits per heavy atom. The average Bonchev–Trinajstić information content (AvgIpc) is 2.72. The number of hydrogen-bond acceptors (Lipinski definition) is 3. The first kappa shape index (κ1) is 9.02. The molecule has 0 N–H and O–H groups in total. The molecule has 1 aliphatic rings. The largest absolute Gasteiger partial charge is 0.269 e. The van der Waals surface area contributed by atoms with Gasteiger partial charge in [0.05, 0.1) is 18.0 Å². The van der Waals surface area contributed by atoms with Crippen LogP contribution in [0.25, 0.3) is 0 Å². The Morgan fingerprint density at radius 2 is 2.31 bits per heavy atom. The predicted molar refractivity (Wildman–Crippen MR) is 49.0 cm³/mol. The molecule has 2 rings (SSSR count). The van der Waals surface area contributed by atoms with Crippen molar-refractivity contribution in [2.45, 2.75) is 24.6 Å². The van der Waals surface area contributed by atoms with Gasteiger partial charge in [0, 0.05) is 22.4 Å². The molecule has 0 saturated heterocycles. The van der Waals surface area contributed by atoms with E-state index in [-0.39, 0.29) is 5.75 Å². The van der Waals surface area contributed by atoms with Crippen LogP contribution in [0.2, 0.25) is 0 Å². The fourth-order valence-corrected chi connectivity index (χ4v) is 2.11. The van der Waals surface area contributed by atoms with Crippen LogP contribution < -0.4 is 0 Å². The minimum absolute atomic E-state index is 0.138. The third-order valence-corrected chi connectivity index (χ3v) is 2.92. The van der Waals surface area contributed by atoms with E-state index in [2.05, 4.69) is 5.10 Å². The van der Waals surface area contributed by atoms with Crippen LogP contribution in [0.4, 0.5) is 0 Å². The van der Waals surface area contributed by atoms with Gasteiger partial charge in [-0.15, -0.1) is 0 Å². The second kappa shape index (κ2) is 2.99. The lowest BCUT2D eigenvalue weighted by atomic mass is 10.4. The fraction of sp³-hybridized carbons (Fsp3) is 0.571. The Bertz CT molecular complexity index is 408. The number of rotatable bonds is 3. The number of hydrogen-bond donors (Lipinski definition) is 0. The van der Waals surface area contributed by atoms with E-state index in [9.17, 15) is 8.42 Å². The van der Waals surface area contributed by atoms with E-state index in [4.69, 9.17) is 10.7 Å². The minimum Gasteiger partial charge on any atom is -0.269 e. The summed E-state index contributed by atoms with van der Waals surface area (Å²) in [6.07, 6.45) is 5.57. The zero-order valence-electron chi connectivity index (χ0n) is 6.85. The zero-order chi connectivity index (χ0) is 9.47. The summed E-state index contributed by atoms with van der Waals surface area (Å²) >= 11 is 0. The van der Waals surface area contributed by atoms with Gasteiger partial charge in [-0.3, -0.25) is 4.68 Å². The Labute approximate surface area is 80.9 Å². The highest BCUT2D eigenvalue weighted by molar-refractivity contribution is 8.13. The number of nitrogens with zero attached hydrogens (tertiary/aromatic N) is 2. The van der Waals surface area contributed by atoms with Gasteiger partial charge in [0.15, 0.2) is 0 Å². The SMILES string of the molecule is O=S(=O)(Cl)Cc1cnn(C2CC2)c1. The maximum atomic E-state index is 10.7. The summed E-state index contributed by atoms with van der Waals surface area (Å²) in [5.41, 5.74) is 0.655. The van der Waals surface area contributed by atoms with Gasteiger partial charge in [0.1, 0.15) is 0 Å². The quantitative estimate of drug-likeness (QED) is 0.722. The average molecular weight is 221 g/mol. The molecule has 0 aromatic carbocycles. The van der Waals surface area contributed by atoms with E-state index in [0.717, 1.165) is 12.8 Å². The van der Waals surface area contributed by atoms with Crippen LogP contribution in [0.15, 0.2) is 12.4 Å². The molecule has 0 aliphatic heterocycles. The molecule has 72 valence electrons. The van der Waals surface area contributed by atoms with Crippen LogP contribution in [0, 0.1) is 0 Å². The lowest BCUT2D eigenvalue weighted by molar-refractivity contribution is 0.608.